The second-order valence-electron chi connectivity index (χ2n) is 8.08. The molecule has 1 aliphatic rings. The molecule has 2 aromatic rings. The lowest BCUT2D eigenvalue weighted by Gasteiger charge is -2.33. The summed E-state index contributed by atoms with van der Waals surface area (Å²) >= 11 is 0. The Morgan fingerprint density at radius 3 is 2.39 bits per heavy atom. The molecule has 0 bridgehead atoms. The van der Waals surface area contributed by atoms with E-state index in [0.717, 1.165) is 32.0 Å². The number of nitrogens with zero attached hydrogens (tertiary/aromatic N) is 3. The first-order valence-electron chi connectivity index (χ1n) is 10.5. The molecular formula is C23H31N5O3. The largest absolute Gasteiger partial charge is 0.496 e. The third-order valence-electron chi connectivity index (χ3n) is 5.43. The number of aromatic nitrogens is 1. The number of benzene rings is 1. The van der Waals surface area contributed by atoms with Crippen molar-refractivity contribution in [2.75, 3.05) is 50.6 Å². The Morgan fingerprint density at radius 1 is 1.06 bits per heavy atom. The van der Waals surface area contributed by atoms with E-state index >= 15 is 0 Å². The number of carbonyl (C=O) groups excluding carboxylic acids is 2. The van der Waals surface area contributed by atoms with E-state index in [2.05, 4.69) is 32.5 Å². The molecule has 0 radical (unpaired) electrons. The molecule has 2 N–H and O–H groups in total. The molecule has 1 aromatic heterocycles. The molecule has 3 rings (SSSR count). The second-order valence-corrected chi connectivity index (χ2v) is 8.08. The van der Waals surface area contributed by atoms with Crippen molar-refractivity contribution < 1.29 is 14.3 Å². The average Bonchev–Trinajstić information content (AvgIpc) is 2.78. The predicted octanol–water partition coefficient (Wildman–Crippen LogP) is 2.24. The van der Waals surface area contributed by atoms with Crippen LogP contribution in [0.1, 0.15) is 24.2 Å². The monoisotopic (exact) mass is 425 g/mol. The molecule has 1 fully saturated rings. The number of nitrogens with one attached hydrogen (secondary N) is 2. The van der Waals surface area contributed by atoms with Gasteiger partial charge in [0, 0.05) is 26.2 Å². The number of anilines is 2. The van der Waals surface area contributed by atoms with Crippen molar-refractivity contribution in [1.82, 2.24) is 15.2 Å². The molecule has 1 aliphatic heterocycles. The van der Waals surface area contributed by atoms with Crippen molar-refractivity contribution in [3.05, 3.63) is 48.2 Å². The number of para-hydroxylation sites is 1. The van der Waals surface area contributed by atoms with Crippen LogP contribution in [-0.4, -0.2) is 68.1 Å². The van der Waals surface area contributed by atoms with Crippen LogP contribution in [0.15, 0.2) is 42.6 Å². The SMILES string of the molecule is COc1ccccc1C(=O)N[C@H](C(=O)Nc1ccc(N2CCN(C)CC2)nc1)C(C)C. The Balaban J connectivity index is 1.64. The Bertz CT molecular complexity index is 892. The van der Waals surface area contributed by atoms with Gasteiger partial charge in [-0.2, -0.15) is 0 Å². The Morgan fingerprint density at radius 2 is 1.77 bits per heavy atom. The zero-order valence-corrected chi connectivity index (χ0v) is 18.6. The minimum Gasteiger partial charge on any atom is -0.496 e. The topological polar surface area (TPSA) is 86.8 Å². The van der Waals surface area contributed by atoms with Gasteiger partial charge in [-0.25, -0.2) is 4.98 Å². The molecule has 0 spiro atoms. The van der Waals surface area contributed by atoms with Gasteiger partial charge in [-0.15, -0.1) is 0 Å². The number of likely N-dealkylation sites (N-methyl/N-ethyl adjacent to an activating group) is 1. The van der Waals surface area contributed by atoms with Gasteiger partial charge in [-0.1, -0.05) is 26.0 Å². The predicted molar refractivity (Wildman–Crippen MR) is 122 cm³/mol. The van der Waals surface area contributed by atoms with E-state index in [4.69, 9.17) is 4.74 Å². The number of methoxy groups -OCH3 is 1. The van der Waals surface area contributed by atoms with Crippen molar-refractivity contribution >= 4 is 23.3 Å². The van der Waals surface area contributed by atoms with Crippen LogP contribution in [0.3, 0.4) is 0 Å². The highest BCUT2D eigenvalue weighted by Crippen LogP contribution is 2.19. The first-order chi connectivity index (χ1) is 14.9. The van der Waals surface area contributed by atoms with E-state index in [9.17, 15) is 9.59 Å². The summed E-state index contributed by atoms with van der Waals surface area (Å²) in [7, 11) is 3.62. The van der Waals surface area contributed by atoms with E-state index in [0.29, 0.717) is 17.0 Å². The van der Waals surface area contributed by atoms with E-state index in [1.807, 2.05) is 26.0 Å². The number of pyridine rings is 1. The van der Waals surface area contributed by atoms with Crippen molar-refractivity contribution in [2.24, 2.45) is 5.92 Å². The second kappa shape index (κ2) is 10.3. The molecule has 1 aromatic carbocycles. The van der Waals surface area contributed by atoms with Crippen LogP contribution in [0.4, 0.5) is 11.5 Å². The lowest BCUT2D eigenvalue weighted by Crippen LogP contribution is -2.47. The summed E-state index contributed by atoms with van der Waals surface area (Å²) < 4.78 is 5.26. The zero-order valence-electron chi connectivity index (χ0n) is 18.6. The first-order valence-corrected chi connectivity index (χ1v) is 10.5. The van der Waals surface area contributed by atoms with Crippen LogP contribution < -0.4 is 20.3 Å². The molecule has 0 saturated carbocycles. The number of carbonyl (C=O) groups is 2. The van der Waals surface area contributed by atoms with Gasteiger partial charge in [-0.05, 0) is 37.2 Å². The highest BCUT2D eigenvalue weighted by Gasteiger charge is 2.26. The van der Waals surface area contributed by atoms with Gasteiger partial charge in [0.15, 0.2) is 0 Å². The fraction of sp³-hybridized carbons (Fsp3) is 0.435. The third-order valence-corrected chi connectivity index (χ3v) is 5.43. The van der Waals surface area contributed by atoms with Crippen LogP contribution in [0.2, 0.25) is 0 Å². The van der Waals surface area contributed by atoms with Crippen LogP contribution in [0.5, 0.6) is 5.75 Å². The van der Waals surface area contributed by atoms with Gasteiger partial charge in [0.2, 0.25) is 5.91 Å². The van der Waals surface area contributed by atoms with Crippen molar-refractivity contribution in [3.63, 3.8) is 0 Å². The quantitative estimate of drug-likeness (QED) is 0.708. The fourth-order valence-electron chi connectivity index (χ4n) is 3.49. The minimum absolute atomic E-state index is 0.101. The molecule has 166 valence electrons. The lowest BCUT2D eigenvalue weighted by molar-refractivity contribution is -0.118. The number of hydrogen-bond acceptors (Lipinski definition) is 6. The molecule has 31 heavy (non-hydrogen) atoms. The maximum atomic E-state index is 12.9. The molecule has 2 amide bonds. The molecule has 0 unspecified atom stereocenters. The van der Waals surface area contributed by atoms with E-state index in [-0.39, 0.29) is 17.7 Å². The van der Waals surface area contributed by atoms with Crippen LogP contribution >= 0.6 is 0 Å². The van der Waals surface area contributed by atoms with Gasteiger partial charge in [0.05, 0.1) is 24.6 Å². The average molecular weight is 426 g/mol. The summed E-state index contributed by atoms with van der Waals surface area (Å²) in [5.74, 6) is 0.626. The molecule has 8 nitrogen and oxygen atoms in total. The Labute approximate surface area is 183 Å². The molecule has 1 atom stereocenters. The summed E-state index contributed by atoms with van der Waals surface area (Å²) in [5.41, 5.74) is 0.988. The van der Waals surface area contributed by atoms with Crippen molar-refractivity contribution in [1.29, 1.82) is 0 Å². The first kappa shape index (κ1) is 22.6. The fourth-order valence-corrected chi connectivity index (χ4v) is 3.49. The minimum atomic E-state index is -0.699. The summed E-state index contributed by atoms with van der Waals surface area (Å²) in [6.45, 7) is 7.65. The Kier molecular flexibility index (Phi) is 7.46. The van der Waals surface area contributed by atoms with E-state index in [1.165, 1.54) is 7.11 Å². The maximum Gasteiger partial charge on any atom is 0.255 e. The zero-order chi connectivity index (χ0) is 22.4. The van der Waals surface area contributed by atoms with Crippen LogP contribution in [0, 0.1) is 5.92 Å². The maximum absolute atomic E-state index is 12.9. The highest BCUT2D eigenvalue weighted by molar-refractivity contribution is 6.02. The van der Waals surface area contributed by atoms with Gasteiger partial charge >= 0.3 is 0 Å². The number of rotatable bonds is 7. The lowest BCUT2D eigenvalue weighted by atomic mass is 10.0. The Hall–Kier alpha value is -3.13. The normalized spacial score (nSPS) is 15.5. The smallest absolute Gasteiger partial charge is 0.255 e. The summed E-state index contributed by atoms with van der Waals surface area (Å²) in [6, 6.07) is 10.00. The van der Waals surface area contributed by atoms with Crippen LogP contribution in [0.25, 0.3) is 0 Å². The molecular weight excluding hydrogens is 394 g/mol. The summed E-state index contributed by atoms with van der Waals surface area (Å²) in [4.78, 5) is 34.7. The number of piperazine rings is 1. The standard InChI is InChI=1S/C23H31N5O3/c1-16(2)21(26-22(29)18-7-5-6-8-19(18)31-4)23(30)25-17-9-10-20(24-15-17)28-13-11-27(3)12-14-28/h5-10,15-16,21H,11-14H2,1-4H3,(H,25,30)(H,26,29)/t21-/m0/s1. The van der Waals surface area contributed by atoms with Crippen molar-refractivity contribution in [2.45, 2.75) is 19.9 Å². The highest BCUT2D eigenvalue weighted by atomic mass is 16.5. The van der Waals surface area contributed by atoms with Gasteiger partial charge < -0.3 is 25.2 Å². The van der Waals surface area contributed by atoms with Crippen molar-refractivity contribution in [3.8, 4) is 5.75 Å². The van der Waals surface area contributed by atoms with Crippen LogP contribution in [-0.2, 0) is 4.79 Å². The van der Waals surface area contributed by atoms with Gasteiger partial charge in [0.1, 0.15) is 17.6 Å². The molecule has 2 heterocycles. The van der Waals surface area contributed by atoms with Gasteiger partial charge in [-0.3, -0.25) is 9.59 Å². The van der Waals surface area contributed by atoms with E-state index in [1.54, 1.807) is 30.5 Å². The summed E-state index contributed by atoms with van der Waals surface area (Å²) in [5, 5.41) is 5.70. The summed E-state index contributed by atoms with van der Waals surface area (Å²) in [6.07, 6.45) is 1.66. The number of amides is 2. The van der Waals surface area contributed by atoms with E-state index < -0.39 is 6.04 Å². The number of hydrogen-bond donors (Lipinski definition) is 2. The number of ether oxygens (including phenoxy) is 1. The molecule has 1 saturated heterocycles. The molecule has 0 aliphatic carbocycles. The molecule has 8 heteroatoms. The third kappa shape index (κ3) is 5.73. The van der Waals surface area contributed by atoms with Gasteiger partial charge in [0.25, 0.3) is 5.91 Å².